The molecule has 2 saturated heterocycles. The molecule has 1 spiro atoms. The molecular weight excluding hydrogens is 416 g/mol. The number of allylic oxidation sites excluding steroid dienone is 1. The Kier molecular flexibility index (Phi) is 5.12. The predicted octanol–water partition coefficient (Wildman–Crippen LogP) is 1.54. The fourth-order valence-corrected chi connectivity index (χ4v) is 5.20. The van der Waals surface area contributed by atoms with Crippen LogP contribution in [0.25, 0.3) is 0 Å². The highest BCUT2D eigenvalue weighted by Gasteiger charge is 2.79. The number of ketones is 1. The van der Waals surface area contributed by atoms with Crippen LogP contribution in [0.15, 0.2) is 41.6 Å². The molecule has 1 unspecified atom stereocenters. The zero-order chi connectivity index (χ0) is 23.4. The van der Waals surface area contributed by atoms with E-state index in [4.69, 9.17) is 14.2 Å². The Bertz CT molecular complexity index is 1040. The molecule has 0 saturated carbocycles. The Hall–Kier alpha value is -3.20. The molecule has 4 atom stereocenters. The minimum atomic E-state index is -1.96. The lowest BCUT2D eigenvalue weighted by molar-refractivity contribution is -0.217. The number of ether oxygens (including phenoxy) is 3. The smallest absolute Gasteiger partial charge is 0.348 e. The molecule has 2 fully saturated rings. The highest BCUT2D eigenvalue weighted by Crippen LogP contribution is 2.61. The van der Waals surface area contributed by atoms with Crippen molar-refractivity contribution in [2.24, 2.45) is 5.92 Å². The number of fused-ring (bicyclic) bond motifs is 1. The monoisotopic (exact) mass is 442 g/mol. The fraction of sp³-hybridized carbons (Fsp3) is 0.478. The van der Waals surface area contributed by atoms with E-state index >= 15 is 0 Å². The maximum absolute atomic E-state index is 13.8. The minimum absolute atomic E-state index is 0.127. The number of benzene rings is 1. The Labute approximate surface area is 185 Å². The molecule has 0 aromatic heterocycles. The number of esters is 2. The van der Waals surface area contributed by atoms with Crippen LogP contribution >= 0.6 is 0 Å². The van der Waals surface area contributed by atoms with Crippen molar-refractivity contribution in [2.45, 2.75) is 44.7 Å². The lowest BCUT2D eigenvalue weighted by Gasteiger charge is -2.54. The lowest BCUT2D eigenvalue weighted by Crippen LogP contribution is -2.68. The third kappa shape index (κ3) is 2.60. The number of hydrogen-bond acceptors (Lipinski definition) is 8. The molecule has 3 heterocycles. The van der Waals surface area contributed by atoms with Crippen molar-refractivity contribution >= 4 is 23.6 Å². The second kappa shape index (κ2) is 7.44. The summed E-state index contributed by atoms with van der Waals surface area (Å²) in [5, 5.41) is 0. The molecule has 1 aromatic rings. The standard InChI is InChI=1S/C23H26N2O7/c1-6-31-19(27)17-13(2)24(4)23-16(14(3)26)12-22(32-23,21(29)30-5)20(28)25(23)18(17)15-10-8-7-9-11-15/h7-11,16,18H,6,12H2,1-5H3/t16?,18-,22+,23+/m1/s1. The van der Waals surface area contributed by atoms with Gasteiger partial charge in [-0.3, -0.25) is 14.5 Å². The van der Waals surface area contributed by atoms with Crippen LogP contribution in [0.3, 0.4) is 0 Å². The first-order valence-electron chi connectivity index (χ1n) is 10.5. The molecule has 9 nitrogen and oxygen atoms in total. The van der Waals surface area contributed by atoms with Gasteiger partial charge < -0.3 is 19.1 Å². The van der Waals surface area contributed by atoms with Crippen LogP contribution in [0.1, 0.15) is 38.8 Å². The van der Waals surface area contributed by atoms with Gasteiger partial charge in [-0.2, -0.15) is 0 Å². The van der Waals surface area contributed by atoms with Gasteiger partial charge in [0.1, 0.15) is 5.78 Å². The van der Waals surface area contributed by atoms with Crippen molar-refractivity contribution in [1.82, 2.24) is 9.80 Å². The lowest BCUT2D eigenvalue weighted by atomic mass is 9.78. The number of piperidine rings is 1. The average Bonchev–Trinajstić information content (AvgIpc) is 3.27. The number of hydrogen-bond donors (Lipinski definition) is 0. The Morgan fingerprint density at radius 3 is 2.44 bits per heavy atom. The van der Waals surface area contributed by atoms with Gasteiger partial charge in [0.2, 0.25) is 11.4 Å². The summed E-state index contributed by atoms with van der Waals surface area (Å²) >= 11 is 0. The van der Waals surface area contributed by atoms with Crippen molar-refractivity contribution < 1.29 is 33.4 Å². The summed E-state index contributed by atoms with van der Waals surface area (Å²) < 4.78 is 16.5. The van der Waals surface area contributed by atoms with E-state index < -0.39 is 41.3 Å². The van der Waals surface area contributed by atoms with Crippen molar-refractivity contribution in [1.29, 1.82) is 0 Å². The van der Waals surface area contributed by atoms with E-state index in [2.05, 4.69) is 0 Å². The van der Waals surface area contributed by atoms with Gasteiger partial charge in [0.05, 0.1) is 31.2 Å². The second-order valence-corrected chi connectivity index (χ2v) is 8.21. The molecule has 170 valence electrons. The number of Topliss-reactive ketones (excluding diaryl/α,β-unsaturated/α-hetero) is 1. The molecule has 3 aliphatic rings. The van der Waals surface area contributed by atoms with Crippen LogP contribution in [0.5, 0.6) is 0 Å². The van der Waals surface area contributed by atoms with Crippen LogP contribution in [0, 0.1) is 5.92 Å². The Morgan fingerprint density at radius 2 is 1.88 bits per heavy atom. The van der Waals surface area contributed by atoms with E-state index in [0.717, 1.165) is 0 Å². The normalized spacial score (nSPS) is 31.0. The van der Waals surface area contributed by atoms with E-state index in [1.807, 2.05) is 6.07 Å². The van der Waals surface area contributed by atoms with E-state index in [0.29, 0.717) is 11.3 Å². The molecule has 0 radical (unpaired) electrons. The Morgan fingerprint density at radius 1 is 1.22 bits per heavy atom. The third-order valence-electron chi connectivity index (χ3n) is 6.70. The first kappa shape index (κ1) is 22.0. The zero-order valence-electron chi connectivity index (χ0n) is 18.7. The predicted molar refractivity (Wildman–Crippen MR) is 110 cm³/mol. The summed E-state index contributed by atoms with van der Waals surface area (Å²) in [5.41, 5.74) is -0.584. The molecule has 4 rings (SSSR count). The largest absolute Gasteiger partial charge is 0.466 e. The van der Waals surface area contributed by atoms with Crippen molar-refractivity contribution in [3.05, 3.63) is 47.2 Å². The maximum atomic E-state index is 13.8. The summed E-state index contributed by atoms with van der Waals surface area (Å²) in [6, 6.07) is 8.05. The minimum Gasteiger partial charge on any atom is -0.466 e. The van der Waals surface area contributed by atoms with Gasteiger partial charge in [0, 0.05) is 19.2 Å². The van der Waals surface area contributed by atoms with Crippen LogP contribution in [0.2, 0.25) is 0 Å². The van der Waals surface area contributed by atoms with E-state index in [1.54, 1.807) is 50.1 Å². The van der Waals surface area contributed by atoms with E-state index in [9.17, 15) is 19.2 Å². The molecule has 0 aliphatic carbocycles. The molecule has 0 N–H and O–H groups in total. The number of methoxy groups -OCH3 is 1. The third-order valence-corrected chi connectivity index (χ3v) is 6.70. The first-order valence-corrected chi connectivity index (χ1v) is 10.5. The number of rotatable bonds is 5. The van der Waals surface area contributed by atoms with Gasteiger partial charge in [0.15, 0.2) is 0 Å². The van der Waals surface area contributed by atoms with Crippen LogP contribution < -0.4 is 0 Å². The van der Waals surface area contributed by atoms with Crippen LogP contribution in [-0.2, 0) is 33.4 Å². The molecule has 1 aromatic carbocycles. The maximum Gasteiger partial charge on any atom is 0.348 e. The highest BCUT2D eigenvalue weighted by molar-refractivity contribution is 6.11. The highest BCUT2D eigenvalue weighted by atomic mass is 16.6. The number of amides is 1. The van der Waals surface area contributed by atoms with Gasteiger partial charge >= 0.3 is 11.9 Å². The molecule has 1 amide bonds. The first-order chi connectivity index (χ1) is 15.2. The van der Waals surface area contributed by atoms with Crippen LogP contribution in [0.4, 0.5) is 0 Å². The van der Waals surface area contributed by atoms with E-state index in [-0.39, 0.29) is 24.4 Å². The summed E-state index contributed by atoms with van der Waals surface area (Å²) in [6.07, 6.45) is -0.127. The van der Waals surface area contributed by atoms with Gasteiger partial charge in [-0.15, -0.1) is 0 Å². The summed E-state index contributed by atoms with van der Waals surface area (Å²) in [7, 11) is 2.81. The van der Waals surface area contributed by atoms with Crippen molar-refractivity contribution in [2.75, 3.05) is 20.8 Å². The van der Waals surface area contributed by atoms with Crippen LogP contribution in [-0.4, -0.2) is 65.6 Å². The van der Waals surface area contributed by atoms with Crippen molar-refractivity contribution in [3.8, 4) is 0 Å². The molecular formula is C23H26N2O7. The quantitative estimate of drug-likeness (QED) is 0.500. The SMILES string of the molecule is CCOC(=O)C1=C(C)N(C)[C@@]23O[C@@](C(=O)OC)(CC2C(C)=O)C(=O)N3[C@@H]1c1ccccc1. The van der Waals surface area contributed by atoms with E-state index in [1.165, 1.54) is 18.9 Å². The number of carbonyl (C=O) groups excluding carboxylic acids is 4. The van der Waals surface area contributed by atoms with Gasteiger partial charge in [0.25, 0.3) is 5.91 Å². The van der Waals surface area contributed by atoms with Gasteiger partial charge in [-0.05, 0) is 26.3 Å². The Balaban J connectivity index is 2.02. The molecule has 2 bridgehead atoms. The summed E-state index contributed by atoms with van der Waals surface area (Å²) in [5.74, 6) is -4.72. The topological polar surface area (TPSA) is 102 Å². The second-order valence-electron chi connectivity index (χ2n) is 8.21. The van der Waals surface area contributed by atoms with Gasteiger partial charge in [-0.1, -0.05) is 30.3 Å². The molecule has 9 heteroatoms. The van der Waals surface area contributed by atoms with Crippen molar-refractivity contribution in [3.63, 3.8) is 0 Å². The zero-order valence-corrected chi connectivity index (χ0v) is 18.7. The fourth-order valence-electron chi connectivity index (χ4n) is 5.20. The summed E-state index contributed by atoms with van der Waals surface area (Å²) in [4.78, 5) is 55.5. The van der Waals surface area contributed by atoms with Gasteiger partial charge in [-0.25, -0.2) is 9.59 Å². The molecule has 3 aliphatic heterocycles. The number of nitrogens with zero attached hydrogens (tertiary/aromatic N) is 2. The summed E-state index contributed by atoms with van der Waals surface area (Å²) in [6.45, 7) is 4.97. The number of carbonyl (C=O) groups is 4. The molecule has 32 heavy (non-hydrogen) atoms. The average molecular weight is 442 g/mol.